The first-order valence-corrected chi connectivity index (χ1v) is 6.86. The summed E-state index contributed by atoms with van der Waals surface area (Å²) in [6.45, 7) is -0.0747. The van der Waals surface area contributed by atoms with Crippen molar-refractivity contribution in [3.63, 3.8) is 0 Å². The van der Waals surface area contributed by atoms with Gasteiger partial charge in [0.1, 0.15) is 23.7 Å². The first-order valence-electron chi connectivity index (χ1n) is 6.07. The van der Waals surface area contributed by atoms with E-state index < -0.39 is 11.8 Å². The Morgan fingerprint density at radius 3 is 2.71 bits per heavy atom. The third-order valence-electron chi connectivity index (χ3n) is 2.87. The minimum atomic E-state index is -0.624. The van der Waals surface area contributed by atoms with Crippen LogP contribution in [0.3, 0.4) is 0 Å². The van der Waals surface area contributed by atoms with Crippen LogP contribution in [0.5, 0.6) is 5.75 Å². The lowest BCUT2D eigenvalue weighted by Crippen LogP contribution is -2.10. The smallest absolute Gasteiger partial charge is 0.344 e. The van der Waals surface area contributed by atoms with Gasteiger partial charge in [-0.25, -0.2) is 9.18 Å². The van der Waals surface area contributed by atoms with Crippen molar-refractivity contribution >= 4 is 27.6 Å². The summed E-state index contributed by atoms with van der Waals surface area (Å²) in [5, 5.41) is 0. The first-order chi connectivity index (χ1) is 10.0. The molecule has 0 saturated heterocycles. The normalized spacial score (nSPS) is 10.2. The lowest BCUT2D eigenvalue weighted by molar-refractivity contribution is 0.0469. The maximum atomic E-state index is 13.4. The molecule has 2 aromatic rings. The topological polar surface area (TPSA) is 61.5 Å². The van der Waals surface area contributed by atoms with Gasteiger partial charge in [-0.1, -0.05) is 18.2 Å². The Morgan fingerprint density at radius 2 is 2.00 bits per heavy atom. The van der Waals surface area contributed by atoms with Crippen molar-refractivity contribution in [2.24, 2.45) is 0 Å². The molecule has 0 amide bonds. The molecule has 0 saturated carbocycles. The molecule has 0 bridgehead atoms. The minimum absolute atomic E-state index is 0.0747. The molecule has 0 aliphatic heterocycles. The molecule has 0 fully saturated rings. The molecule has 2 aromatic carbocycles. The predicted octanol–water partition coefficient (Wildman–Crippen LogP) is 3.54. The van der Waals surface area contributed by atoms with Gasteiger partial charge in [0.2, 0.25) is 0 Å². The fraction of sp³-hybridized carbons (Fsp3) is 0.133. The number of esters is 1. The van der Waals surface area contributed by atoms with Crippen molar-refractivity contribution < 1.29 is 18.7 Å². The van der Waals surface area contributed by atoms with E-state index in [0.29, 0.717) is 11.3 Å². The van der Waals surface area contributed by atoms with Gasteiger partial charge in [-0.3, -0.25) is 0 Å². The van der Waals surface area contributed by atoms with Crippen molar-refractivity contribution in [2.75, 3.05) is 12.8 Å². The number of ether oxygens (including phenoxy) is 2. The van der Waals surface area contributed by atoms with Crippen LogP contribution in [0.1, 0.15) is 15.9 Å². The number of methoxy groups -OCH3 is 1. The Balaban J connectivity index is 2.18. The molecular weight excluding hydrogens is 341 g/mol. The van der Waals surface area contributed by atoms with Crippen molar-refractivity contribution in [1.82, 2.24) is 0 Å². The van der Waals surface area contributed by atoms with E-state index >= 15 is 0 Å². The maximum absolute atomic E-state index is 13.4. The van der Waals surface area contributed by atoms with Crippen molar-refractivity contribution in [1.29, 1.82) is 0 Å². The number of nitrogens with two attached hydrogens (primary N) is 1. The van der Waals surface area contributed by atoms with Gasteiger partial charge in [0.15, 0.2) is 0 Å². The molecule has 6 heteroatoms. The number of halogens is 2. The Bertz CT molecular complexity index is 676. The second-order valence-corrected chi connectivity index (χ2v) is 5.01. The second-order valence-electron chi connectivity index (χ2n) is 4.21. The molecule has 0 heterocycles. The van der Waals surface area contributed by atoms with Crippen LogP contribution in [-0.4, -0.2) is 13.1 Å². The van der Waals surface area contributed by atoms with Gasteiger partial charge in [0.25, 0.3) is 0 Å². The van der Waals surface area contributed by atoms with E-state index in [4.69, 9.17) is 15.2 Å². The van der Waals surface area contributed by atoms with E-state index in [1.54, 1.807) is 30.3 Å². The molecule has 0 aliphatic rings. The molecule has 110 valence electrons. The van der Waals surface area contributed by atoms with E-state index in [0.717, 1.165) is 0 Å². The van der Waals surface area contributed by atoms with Crippen LogP contribution in [0.4, 0.5) is 10.1 Å². The summed E-state index contributed by atoms with van der Waals surface area (Å²) in [4.78, 5) is 12.1. The lowest BCUT2D eigenvalue weighted by atomic mass is 10.1. The summed E-state index contributed by atoms with van der Waals surface area (Å²) in [7, 11) is 1.44. The number of hydrogen-bond donors (Lipinski definition) is 1. The Morgan fingerprint density at radius 1 is 1.29 bits per heavy atom. The maximum Gasteiger partial charge on any atom is 0.344 e. The third kappa shape index (κ3) is 3.33. The second kappa shape index (κ2) is 6.58. The molecule has 0 atom stereocenters. The van der Waals surface area contributed by atoms with Gasteiger partial charge < -0.3 is 15.2 Å². The quantitative estimate of drug-likeness (QED) is 0.674. The highest BCUT2D eigenvalue weighted by atomic mass is 79.9. The van der Waals surface area contributed by atoms with E-state index in [9.17, 15) is 9.18 Å². The van der Waals surface area contributed by atoms with Crippen LogP contribution in [-0.2, 0) is 11.3 Å². The summed E-state index contributed by atoms with van der Waals surface area (Å²) in [5.41, 5.74) is 6.72. The SMILES string of the molecule is COc1cccc(N)c1C(=O)OCc1cccc(F)c1Br. The Hall–Kier alpha value is -2.08. The highest BCUT2D eigenvalue weighted by Crippen LogP contribution is 2.26. The molecule has 0 spiro atoms. The van der Waals surface area contributed by atoms with Gasteiger partial charge in [0.05, 0.1) is 11.6 Å². The molecule has 0 unspecified atom stereocenters. The van der Waals surface area contributed by atoms with Crippen molar-refractivity contribution in [3.05, 3.63) is 57.8 Å². The van der Waals surface area contributed by atoms with Crippen LogP contribution in [0.15, 0.2) is 40.9 Å². The number of carbonyl (C=O) groups is 1. The fourth-order valence-corrected chi connectivity index (χ4v) is 2.19. The van der Waals surface area contributed by atoms with Crippen molar-refractivity contribution in [3.8, 4) is 5.75 Å². The average Bonchev–Trinajstić information content (AvgIpc) is 2.48. The fourth-order valence-electron chi connectivity index (χ4n) is 1.81. The molecule has 0 aliphatic carbocycles. The summed E-state index contributed by atoms with van der Waals surface area (Å²) in [6.07, 6.45) is 0. The number of rotatable bonds is 4. The number of nitrogen functional groups attached to an aromatic ring is 1. The third-order valence-corrected chi connectivity index (χ3v) is 3.76. The van der Waals surface area contributed by atoms with E-state index in [-0.39, 0.29) is 22.3 Å². The number of hydrogen-bond acceptors (Lipinski definition) is 4. The standard InChI is InChI=1S/C15H13BrFNO3/c1-20-12-7-3-6-11(18)13(12)15(19)21-8-9-4-2-5-10(17)14(9)16/h2-7H,8,18H2,1H3. The highest BCUT2D eigenvalue weighted by Gasteiger charge is 2.18. The van der Waals surface area contributed by atoms with Gasteiger partial charge in [0, 0.05) is 11.3 Å². The number of anilines is 1. The van der Waals surface area contributed by atoms with Gasteiger partial charge in [-0.15, -0.1) is 0 Å². The average molecular weight is 354 g/mol. The molecular formula is C15H13BrFNO3. The molecule has 2 rings (SSSR count). The highest BCUT2D eigenvalue weighted by molar-refractivity contribution is 9.10. The summed E-state index contributed by atoms with van der Waals surface area (Å²) in [6, 6.07) is 9.39. The van der Waals surface area contributed by atoms with Crippen LogP contribution >= 0.6 is 15.9 Å². The molecule has 2 N–H and O–H groups in total. The van der Waals surface area contributed by atoms with Crippen LogP contribution in [0.2, 0.25) is 0 Å². The number of carbonyl (C=O) groups excluding carboxylic acids is 1. The first kappa shape index (κ1) is 15.3. The van der Waals surface area contributed by atoms with E-state index in [1.807, 2.05) is 0 Å². The molecule has 4 nitrogen and oxygen atoms in total. The van der Waals surface area contributed by atoms with Gasteiger partial charge >= 0.3 is 5.97 Å². The largest absolute Gasteiger partial charge is 0.496 e. The lowest BCUT2D eigenvalue weighted by Gasteiger charge is -2.11. The predicted molar refractivity (Wildman–Crippen MR) is 80.6 cm³/mol. The van der Waals surface area contributed by atoms with E-state index in [2.05, 4.69) is 15.9 Å². The van der Waals surface area contributed by atoms with Gasteiger partial charge in [-0.05, 0) is 34.1 Å². The summed E-state index contributed by atoms with van der Waals surface area (Å²) >= 11 is 3.11. The Kier molecular flexibility index (Phi) is 4.80. The van der Waals surface area contributed by atoms with Gasteiger partial charge in [-0.2, -0.15) is 0 Å². The summed E-state index contributed by atoms with van der Waals surface area (Å²) in [5.74, 6) is -0.709. The van der Waals surface area contributed by atoms with Crippen LogP contribution < -0.4 is 10.5 Å². The minimum Gasteiger partial charge on any atom is -0.496 e. The molecule has 0 aromatic heterocycles. The summed E-state index contributed by atoms with van der Waals surface area (Å²) < 4.78 is 23.9. The van der Waals surface area contributed by atoms with E-state index in [1.165, 1.54) is 13.2 Å². The zero-order valence-electron chi connectivity index (χ0n) is 11.2. The zero-order valence-corrected chi connectivity index (χ0v) is 12.8. The number of benzene rings is 2. The molecule has 21 heavy (non-hydrogen) atoms. The Labute approximate surface area is 129 Å². The van der Waals surface area contributed by atoms with Crippen LogP contribution in [0.25, 0.3) is 0 Å². The van der Waals surface area contributed by atoms with Crippen molar-refractivity contribution in [2.45, 2.75) is 6.61 Å². The monoisotopic (exact) mass is 353 g/mol. The zero-order chi connectivity index (χ0) is 15.4. The molecule has 0 radical (unpaired) electrons. The van der Waals surface area contributed by atoms with Crippen LogP contribution in [0, 0.1) is 5.82 Å².